The fourth-order valence-corrected chi connectivity index (χ4v) is 11.6. The van der Waals surface area contributed by atoms with Gasteiger partial charge in [-0.2, -0.15) is 0 Å². The highest BCUT2D eigenvalue weighted by Gasteiger charge is 2.71. The summed E-state index contributed by atoms with van der Waals surface area (Å²) in [6.07, 6.45) is 5.58. The molecule has 48 heavy (non-hydrogen) atoms. The lowest BCUT2D eigenvalue weighted by molar-refractivity contribution is -0.571. The Morgan fingerprint density at radius 3 is 1.77 bits per heavy atom. The molecule has 0 radical (unpaired) electrons. The third kappa shape index (κ3) is 5.00. The molecule has 16 atom stereocenters. The molecule has 10 fully saturated rings. The molecule has 272 valence electrons. The number of hydrogen-bond acceptors (Lipinski definition) is 13. The summed E-state index contributed by atoms with van der Waals surface area (Å²) in [5, 5.41) is 4.55. The number of ether oxygens (including phenoxy) is 4. The summed E-state index contributed by atoms with van der Waals surface area (Å²) in [6.45, 7) is 12.8. The lowest BCUT2D eigenvalue weighted by Gasteiger charge is -2.61. The zero-order valence-corrected chi connectivity index (χ0v) is 30.5. The molecule has 14 heteroatoms. The smallest absolute Gasteiger partial charge is 0.345 e. The summed E-state index contributed by atoms with van der Waals surface area (Å²) >= 11 is 0. The second kappa shape index (κ2) is 11.9. The predicted molar refractivity (Wildman–Crippen MR) is 168 cm³/mol. The number of oxime groups is 1. The maximum absolute atomic E-state index is 13.2. The van der Waals surface area contributed by atoms with Crippen molar-refractivity contribution < 1.29 is 56.7 Å². The Kier molecular flexibility index (Phi) is 8.54. The first-order valence-corrected chi connectivity index (χ1v) is 19.6. The van der Waals surface area contributed by atoms with Crippen LogP contribution in [0, 0.1) is 47.3 Å². The number of phosphoric acid groups is 1. The van der Waals surface area contributed by atoms with E-state index in [4.69, 9.17) is 52.2 Å². The van der Waals surface area contributed by atoms with E-state index in [9.17, 15) is 4.57 Å². The highest BCUT2D eigenvalue weighted by molar-refractivity contribution is 7.48. The van der Waals surface area contributed by atoms with Crippen LogP contribution >= 0.6 is 7.82 Å². The van der Waals surface area contributed by atoms with E-state index in [1.807, 2.05) is 13.8 Å². The molecule has 10 rings (SSSR count). The molecule has 4 bridgehead atoms. The van der Waals surface area contributed by atoms with E-state index in [-0.39, 0.29) is 41.6 Å². The van der Waals surface area contributed by atoms with Gasteiger partial charge in [0.05, 0.1) is 11.8 Å². The molecule has 0 N–H and O–H groups in total. The first-order valence-electron chi connectivity index (χ1n) is 18.2. The van der Waals surface area contributed by atoms with Crippen molar-refractivity contribution >= 4 is 13.5 Å². The molecule has 8 heterocycles. The Morgan fingerprint density at radius 1 is 0.708 bits per heavy atom. The van der Waals surface area contributed by atoms with Gasteiger partial charge < -0.3 is 18.9 Å². The average Bonchev–Trinajstić information content (AvgIpc) is 3.44. The van der Waals surface area contributed by atoms with Gasteiger partial charge >= 0.3 is 7.82 Å². The minimum atomic E-state index is -3.96. The minimum absolute atomic E-state index is 0.0543. The van der Waals surface area contributed by atoms with Crippen molar-refractivity contribution in [3.8, 4) is 0 Å². The second-order valence-corrected chi connectivity index (χ2v) is 18.2. The molecule has 0 amide bonds. The van der Waals surface area contributed by atoms with E-state index < -0.39 is 49.3 Å². The van der Waals surface area contributed by atoms with Gasteiger partial charge in [0.2, 0.25) is 11.6 Å². The van der Waals surface area contributed by atoms with Gasteiger partial charge in [0, 0.05) is 45.3 Å². The van der Waals surface area contributed by atoms with Gasteiger partial charge in [0.15, 0.2) is 23.8 Å². The van der Waals surface area contributed by atoms with Gasteiger partial charge in [-0.15, -0.1) is 0 Å². The van der Waals surface area contributed by atoms with E-state index >= 15 is 0 Å². The molecular weight excluding hydrogens is 645 g/mol. The fraction of sp³-hybridized carbons (Fsp3) is 0.971. The summed E-state index contributed by atoms with van der Waals surface area (Å²) in [7, 11) is -1.41. The van der Waals surface area contributed by atoms with Crippen molar-refractivity contribution in [2.45, 2.75) is 147 Å². The van der Waals surface area contributed by atoms with E-state index in [1.165, 1.54) is 14.2 Å². The minimum Gasteiger partial charge on any atom is -0.345 e. The molecule has 2 spiro atoms. The standard InChI is InChI=1S/C34H54NO12P/c1-18-9-11-24-20(3)27(39-29-33(24)22(18)13-15-31(5,41-29)43-45-33)17-26(35-47-48(36,37-7)38-8)28-21(4)25-12-10-19(2)23-14-16-32(6)42-30(40-28)34(23,25)46-44-32/h18-25,27-30H,9-17H2,1-8H3/b35-26-/t18-,19-,20-,21-,22+,23+,24+,25+,27-,28+,29-,30-,31?,32?,33-,34-/m1/s1. The van der Waals surface area contributed by atoms with E-state index in [0.29, 0.717) is 30.4 Å². The zero-order chi connectivity index (χ0) is 33.9. The van der Waals surface area contributed by atoms with Crippen LogP contribution in [-0.4, -0.2) is 67.5 Å². The summed E-state index contributed by atoms with van der Waals surface area (Å²) in [4.78, 5) is 24.8. The van der Waals surface area contributed by atoms with Crippen molar-refractivity contribution in [1.29, 1.82) is 0 Å². The van der Waals surface area contributed by atoms with Gasteiger partial charge in [-0.1, -0.05) is 32.9 Å². The third-order valence-corrected chi connectivity index (χ3v) is 15.1. The maximum atomic E-state index is 13.2. The number of fused-ring (bicyclic) bond motifs is 4. The highest BCUT2D eigenvalue weighted by atomic mass is 31.2. The maximum Gasteiger partial charge on any atom is 0.549 e. The summed E-state index contributed by atoms with van der Waals surface area (Å²) in [6, 6.07) is 0. The second-order valence-electron chi connectivity index (χ2n) is 16.5. The van der Waals surface area contributed by atoms with Gasteiger partial charge in [-0.3, -0.25) is 13.7 Å². The Labute approximate surface area is 283 Å². The van der Waals surface area contributed by atoms with Gasteiger partial charge in [0.1, 0.15) is 6.10 Å². The molecule has 2 unspecified atom stereocenters. The topological polar surface area (TPSA) is 131 Å². The summed E-state index contributed by atoms with van der Waals surface area (Å²) < 4.78 is 56.2. The average molecular weight is 700 g/mol. The normalized spacial score (nSPS) is 54.5. The van der Waals surface area contributed by atoms with E-state index in [0.717, 1.165) is 44.9 Å². The van der Waals surface area contributed by atoms with Crippen LogP contribution in [0.2, 0.25) is 0 Å². The Morgan fingerprint density at radius 2 is 1.23 bits per heavy atom. The number of hydrogen-bond donors (Lipinski definition) is 0. The molecule has 2 saturated carbocycles. The fourth-order valence-electron chi connectivity index (χ4n) is 11.2. The predicted octanol–water partition coefficient (Wildman–Crippen LogP) is 6.65. The first-order chi connectivity index (χ1) is 22.8. The number of nitrogens with zero attached hydrogens (tertiary/aromatic N) is 1. The molecular formula is C34H54NO12P. The van der Waals surface area contributed by atoms with Crippen molar-refractivity contribution in [3.05, 3.63) is 0 Å². The van der Waals surface area contributed by atoms with Crippen molar-refractivity contribution in [2.75, 3.05) is 14.2 Å². The molecule has 0 aromatic carbocycles. The Balaban J connectivity index is 1.14. The van der Waals surface area contributed by atoms with Gasteiger partial charge in [-0.05, 0) is 87.9 Å². The monoisotopic (exact) mass is 699 g/mol. The molecule has 10 aliphatic rings. The van der Waals surface area contributed by atoms with Crippen molar-refractivity contribution in [2.24, 2.45) is 52.5 Å². The quantitative estimate of drug-likeness (QED) is 0.122. The molecule has 13 nitrogen and oxygen atoms in total. The SMILES string of the molecule is COP(=O)(OC)O/N=C(/C[C@H]1O[C@@H]2OC3(C)CC[C@H]4[C@H](C)CC[C@@H]([C@H]1C)[C@@]24OO3)[C@H]1O[C@@H]2OC3(C)CC[C@H]4[C@H](C)CC[C@@H]([C@H]1C)[C@@]24OO3. The van der Waals surface area contributed by atoms with Crippen molar-refractivity contribution in [1.82, 2.24) is 0 Å². The van der Waals surface area contributed by atoms with E-state index in [1.54, 1.807) is 0 Å². The molecule has 0 aromatic rings. The van der Waals surface area contributed by atoms with Crippen molar-refractivity contribution in [3.63, 3.8) is 0 Å². The Hall–Kier alpha value is -0.700. The molecule has 8 aliphatic heterocycles. The lowest BCUT2D eigenvalue weighted by atomic mass is 9.56. The summed E-state index contributed by atoms with van der Waals surface area (Å²) in [5.74, 6) is -0.250. The van der Waals surface area contributed by atoms with Crippen LogP contribution in [0.5, 0.6) is 0 Å². The molecule has 2 aliphatic carbocycles. The first kappa shape index (κ1) is 34.4. The van der Waals surface area contributed by atoms with Crippen LogP contribution in [0.25, 0.3) is 0 Å². The lowest BCUT2D eigenvalue weighted by Crippen LogP contribution is -2.71. The van der Waals surface area contributed by atoms with Crippen LogP contribution < -0.4 is 0 Å². The third-order valence-electron chi connectivity index (χ3n) is 13.9. The molecule has 0 aromatic heterocycles. The van der Waals surface area contributed by atoms with Crippen LogP contribution in [0.3, 0.4) is 0 Å². The van der Waals surface area contributed by atoms with Crippen LogP contribution in [0.4, 0.5) is 0 Å². The molecule has 8 saturated heterocycles. The Bertz CT molecular complexity index is 1330. The van der Waals surface area contributed by atoms with Crippen LogP contribution in [0.1, 0.15) is 99.3 Å². The van der Waals surface area contributed by atoms with E-state index in [2.05, 4.69) is 32.9 Å². The number of phosphoric ester groups is 1. The number of rotatable bonds is 7. The van der Waals surface area contributed by atoms with Gasteiger partial charge in [0.25, 0.3) is 0 Å². The summed E-state index contributed by atoms with van der Waals surface area (Å²) in [5.41, 5.74) is -0.875. The van der Waals surface area contributed by atoms with Crippen LogP contribution in [-0.2, 0) is 56.7 Å². The van der Waals surface area contributed by atoms with Gasteiger partial charge in [-0.25, -0.2) is 24.1 Å². The zero-order valence-electron chi connectivity index (χ0n) is 29.6. The largest absolute Gasteiger partial charge is 0.549 e. The van der Waals surface area contributed by atoms with Crippen LogP contribution in [0.15, 0.2) is 5.16 Å². The highest BCUT2D eigenvalue weighted by Crippen LogP contribution is 2.63.